The molecule has 9 heteroatoms. The Bertz CT molecular complexity index is 671. The number of nitrogens with zero attached hydrogens (tertiary/aromatic N) is 2. The SMILES string of the molecule is O=C(O)c1noc(C(=O)O)c1-c1ccc([N+](=O)[O-])cc1. The fraction of sp³-hybridized carbons (Fsp3) is 0. The molecule has 2 rings (SSSR count). The van der Waals surface area contributed by atoms with E-state index in [1.165, 1.54) is 12.1 Å². The monoisotopic (exact) mass is 278 g/mol. The average molecular weight is 278 g/mol. The Morgan fingerprint density at radius 1 is 1.15 bits per heavy atom. The fourth-order valence-electron chi connectivity index (χ4n) is 1.60. The minimum absolute atomic E-state index is 0.145. The van der Waals surface area contributed by atoms with Gasteiger partial charge in [-0.15, -0.1) is 0 Å². The summed E-state index contributed by atoms with van der Waals surface area (Å²) < 4.78 is 4.49. The van der Waals surface area contributed by atoms with Crippen molar-refractivity contribution in [1.29, 1.82) is 0 Å². The van der Waals surface area contributed by atoms with E-state index in [-0.39, 0.29) is 16.8 Å². The van der Waals surface area contributed by atoms with Crippen molar-refractivity contribution >= 4 is 17.6 Å². The second kappa shape index (κ2) is 4.80. The number of carbonyl (C=O) groups is 2. The minimum atomic E-state index is -1.49. The maximum Gasteiger partial charge on any atom is 0.375 e. The molecule has 1 aromatic carbocycles. The Hall–Kier alpha value is -3.23. The molecule has 9 nitrogen and oxygen atoms in total. The number of carboxylic acid groups (broad SMARTS) is 2. The Kier molecular flexibility index (Phi) is 3.17. The van der Waals surface area contributed by atoms with E-state index in [4.69, 9.17) is 10.2 Å². The van der Waals surface area contributed by atoms with Crippen molar-refractivity contribution in [2.24, 2.45) is 0 Å². The Morgan fingerprint density at radius 2 is 1.75 bits per heavy atom. The first-order valence-electron chi connectivity index (χ1n) is 5.13. The lowest BCUT2D eigenvalue weighted by Crippen LogP contribution is -2.02. The molecule has 0 unspecified atom stereocenters. The molecule has 0 spiro atoms. The first-order valence-corrected chi connectivity index (χ1v) is 5.13. The van der Waals surface area contributed by atoms with E-state index < -0.39 is 28.3 Å². The molecule has 0 saturated heterocycles. The van der Waals surface area contributed by atoms with Crippen LogP contribution in [0, 0.1) is 10.1 Å². The summed E-state index contributed by atoms with van der Waals surface area (Å²) in [7, 11) is 0. The summed E-state index contributed by atoms with van der Waals surface area (Å²) in [6.45, 7) is 0. The molecule has 0 aliphatic rings. The van der Waals surface area contributed by atoms with Gasteiger partial charge in [-0.1, -0.05) is 5.16 Å². The smallest absolute Gasteiger partial charge is 0.375 e. The van der Waals surface area contributed by atoms with Crippen LogP contribution in [0.5, 0.6) is 0 Å². The molecule has 1 aromatic heterocycles. The molecule has 0 radical (unpaired) electrons. The van der Waals surface area contributed by atoms with Crippen LogP contribution in [-0.4, -0.2) is 32.2 Å². The molecule has 0 atom stereocenters. The topological polar surface area (TPSA) is 144 Å². The number of nitro groups is 1. The van der Waals surface area contributed by atoms with E-state index in [2.05, 4.69) is 9.68 Å². The van der Waals surface area contributed by atoms with Crippen molar-refractivity contribution in [2.45, 2.75) is 0 Å². The number of benzene rings is 1. The summed E-state index contributed by atoms with van der Waals surface area (Å²) in [6.07, 6.45) is 0. The Balaban J connectivity index is 2.61. The van der Waals surface area contributed by atoms with Gasteiger partial charge in [0, 0.05) is 12.1 Å². The molecule has 20 heavy (non-hydrogen) atoms. The number of rotatable bonds is 4. The molecule has 2 aromatic rings. The van der Waals surface area contributed by atoms with Gasteiger partial charge in [0.2, 0.25) is 0 Å². The minimum Gasteiger partial charge on any atom is -0.476 e. The number of carboxylic acids is 2. The quantitative estimate of drug-likeness (QED) is 0.634. The summed E-state index contributed by atoms with van der Waals surface area (Å²) in [6, 6.07) is 4.70. The summed E-state index contributed by atoms with van der Waals surface area (Å²) in [5.74, 6) is -3.59. The van der Waals surface area contributed by atoms with Crippen LogP contribution in [0.2, 0.25) is 0 Å². The van der Waals surface area contributed by atoms with Crippen LogP contribution in [0.3, 0.4) is 0 Å². The highest BCUT2D eigenvalue weighted by Gasteiger charge is 2.27. The Morgan fingerprint density at radius 3 is 2.20 bits per heavy atom. The van der Waals surface area contributed by atoms with Crippen LogP contribution in [0.1, 0.15) is 21.0 Å². The normalized spacial score (nSPS) is 10.2. The maximum absolute atomic E-state index is 11.0. The maximum atomic E-state index is 11.0. The van der Waals surface area contributed by atoms with Gasteiger partial charge in [-0.05, 0) is 17.7 Å². The second-order valence-electron chi connectivity index (χ2n) is 3.65. The molecule has 0 aliphatic heterocycles. The van der Waals surface area contributed by atoms with Gasteiger partial charge in [0.1, 0.15) is 0 Å². The molecule has 0 bridgehead atoms. The zero-order valence-corrected chi connectivity index (χ0v) is 9.64. The highest BCUT2D eigenvalue weighted by atomic mass is 16.6. The highest BCUT2D eigenvalue weighted by Crippen LogP contribution is 2.29. The van der Waals surface area contributed by atoms with Gasteiger partial charge in [-0.3, -0.25) is 10.1 Å². The predicted molar refractivity (Wildman–Crippen MR) is 62.5 cm³/mol. The third kappa shape index (κ3) is 2.19. The lowest BCUT2D eigenvalue weighted by Gasteiger charge is -2.00. The number of aromatic nitrogens is 1. The molecular weight excluding hydrogens is 272 g/mol. The van der Waals surface area contributed by atoms with Gasteiger partial charge in [0.15, 0.2) is 5.69 Å². The van der Waals surface area contributed by atoms with E-state index in [1.54, 1.807) is 0 Å². The van der Waals surface area contributed by atoms with Crippen LogP contribution in [0.25, 0.3) is 11.1 Å². The number of hydrogen-bond donors (Lipinski definition) is 2. The number of hydrogen-bond acceptors (Lipinski definition) is 6. The van der Waals surface area contributed by atoms with Gasteiger partial charge in [0.25, 0.3) is 11.4 Å². The van der Waals surface area contributed by atoms with Gasteiger partial charge < -0.3 is 14.7 Å². The van der Waals surface area contributed by atoms with Crippen molar-refractivity contribution in [3.8, 4) is 11.1 Å². The molecular formula is C11H6N2O7. The molecule has 102 valence electrons. The van der Waals surface area contributed by atoms with Gasteiger partial charge in [-0.25, -0.2) is 9.59 Å². The first kappa shape index (κ1) is 13.2. The number of non-ortho nitro benzene ring substituents is 1. The average Bonchev–Trinajstić information content (AvgIpc) is 2.83. The largest absolute Gasteiger partial charge is 0.476 e. The molecule has 0 aliphatic carbocycles. The van der Waals surface area contributed by atoms with Gasteiger partial charge in [0.05, 0.1) is 10.5 Å². The highest BCUT2D eigenvalue weighted by molar-refractivity contribution is 6.01. The van der Waals surface area contributed by atoms with Gasteiger partial charge in [-0.2, -0.15) is 0 Å². The summed E-state index contributed by atoms with van der Waals surface area (Å²) in [5.41, 5.74) is -0.873. The predicted octanol–water partition coefficient (Wildman–Crippen LogP) is 1.65. The molecule has 0 saturated carbocycles. The van der Waals surface area contributed by atoms with Crippen molar-refractivity contribution in [2.75, 3.05) is 0 Å². The van der Waals surface area contributed by atoms with Crippen LogP contribution < -0.4 is 0 Å². The summed E-state index contributed by atoms with van der Waals surface area (Å²) in [4.78, 5) is 31.9. The van der Waals surface area contributed by atoms with E-state index in [1.807, 2.05) is 0 Å². The van der Waals surface area contributed by atoms with Crippen molar-refractivity contribution < 1.29 is 29.2 Å². The zero-order chi connectivity index (χ0) is 14.9. The second-order valence-corrected chi connectivity index (χ2v) is 3.65. The van der Waals surface area contributed by atoms with Crippen LogP contribution in [0.4, 0.5) is 5.69 Å². The fourth-order valence-corrected chi connectivity index (χ4v) is 1.60. The number of nitro benzene ring substituents is 1. The summed E-state index contributed by atoms with van der Waals surface area (Å²) >= 11 is 0. The third-order valence-electron chi connectivity index (χ3n) is 2.46. The van der Waals surface area contributed by atoms with Crippen LogP contribution >= 0.6 is 0 Å². The van der Waals surface area contributed by atoms with Crippen LogP contribution in [0.15, 0.2) is 28.8 Å². The lowest BCUT2D eigenvalue weighted by atomic mass is 10.0. The third-order valence-corrected chi connectivity index (χ3v) is 2.46. The lowest BCUT2D eigenvalue weighted by molar-refractivity contribution is -0.384. The van der Waals surface area contributed by atoms with Crippen molar-refractivity contribution in [1.82, 2.24) is 5.16 Å². The van der Waals surface area contributed by atoms with Crippen molar-refractivity contribution in [3.05, 3.63) is 45.8 Å². The first-order chi connectivity index (χ1) is 9.41. The molecule has 2 N–H and O–H groups in total. The summed E-state index contributed by atoms with van der Waals surface area (Å²) in [5, 5.41) is 31.6. The molecule has 0 amide bonds. The van der Waals surface area contributed by atoms with Crippen molar-refractivity contribution in [3.63, 3.8) is 0 Å². The molecule has 0 fully saturated rings. The molecule has 1 heterocycles. The zero-order valence-electron chi connectivity index (χ0n) is 9.64. The standard InChI is InChI=1S/C11H6N2O7/c14-10(15)8-7(9(11(16)17)20-12-8)5-1-3-6(4-2-5)13(18)19/h1-4H,(H,14,15)(H,16,17). The van der Waals surface area contributed by atoms with Gasteiger partial charge >= 0.3 is 11.9 Å². The van der Waals surface area contributed by atoms with E-state index >= 15 is 0 Å². The van der Waals surface area contributed by atoms with E-state index in [0.29, 0.717) is 0 Å². The number of aromatic carboxylic acids is 2. The van der Waals surface area contributed by atoms with E-state index in [9.17, 15) is 19.7 Å². The van der Waals surface area contributed by atoms with Crippen LogP contribution in [-0.2, 0) is 0 Å². The van der Waals surface area contributed by atoms with E-state index in [0.717, 1.165) is 12.1 Å². The Labute approximate surface area is 110 Å².